The third kappa shape index (κ3) is 4.70. The number of anilines is 1. The van der Waals surface area contributed by atoms with E-state index in [9.17, 15) is 39.9 Å². The molecule has 0 spiro atoms. The summed E-state index contributed by atoms with van der Waals surface area (Å²) in [5.41, 5.74) is 3.00. The van der Waals surface area contributed by atoms with Crippen molar-refractivity contribution < 1.29 is 39.9 Å². The lowest BCUT2D eigenvalue weighted by Crippen LogP contribution is -2.68. The molecule has 3 aliphatic carbocycles. The molecule has 1 saturated heterocycles. The number of likely N-dealkylation sites (tertiary alicyclic amines) is 1. The molecule has 12 nitrogen and oxygen atoms in total. The second-order valence-corrected chi connectivity index (χ2v) is 13.2. The van der Waals surface area contributed by atoms with Gasteiger partial charge >= 0.3 is 0 Å². The lowest BCUT2D eigenvalue weighted by molar-refractivity contribution is -0.162. The molecular weight excluding hydrogens is 592 g/mol. The van der Waals surface area contributed by atoms with E-state index in [0.717, 1.165) is 32.5 Å². The molecule has 1 aliphatic heterocycles. The van der Waals surface area contributed by atoms with Gasteiger partial charge in [0.25, 0.3) is 5.91 Å². The fourth-order valence-corrected chi connectivity index (χ4v) is 8.04. The van der Waals surface area contributed by atoms with Gasteiger partial charge < -0.3 is 36.6 Å². The Morgan fingerprint density at radius 3 is 2.33 bits per heavy atom. The number of nitrogens with one attached hydrogen (secondary N) is 1. The number of benzene rings is 2. The zero-order valence-corrected chi connectivity index (χ0v) is 26.0. The van der Waals surface area contributed by atoms with Gasteiger partial charge in [0.15, 0.2) is 11.4 Å². The number of primary amides is 1. The Morgan fingerprint density at radius 1 is 1.07 bits per heavy atom. The molecule has 0 unspecified atom stereocenters. The first-order chi connectivity index (χ1) is 21.8. The van der Waals surface area contributed by atoms with Crippen LogP contribution in [0, 0.1) is 11.8 Å². The van der Waals surface area contributed by atoms with Crippen LogP contribution in [-0.2, 0) is 16.1 Å². The van der Waals surface area contributed by atoms with Gasteiger partial charge in [0.05, 0.1) is 29.3 Å². The number of amides is 1. The first-order valence-electron chi connectivity index (χ1n) is 15.5. The van der Waals surface area contributed by atoms with Gasteiger partial charge in [-0.2, -0.15) is 0 Å². The predicted octanol–water partition coefficient (Wildman–Crippen LogP) is 1.73. The molecule has 0 saturated carbocycles. The number of carbonyl (C=O) groups is 3. The highest BCUT2D eigenvalue weighted by Crippen LogP contribution is 2.56. The van der Waals surface area contributed by atoms with Crippen molar-refractivity contribution in [3.05, 3.63) is 81.8 Å². The van der Waals surface area contributed by atoms with Crippen molar-refractivity contribution in [3.63, 3.8) is 0 Å². The average Bonchev–Trinajstić information content (AvgIpc) is 3.01. The number of Topliss-reactive ketones (excluding diaryl/α,β-unsaturated/α-hetero) is 2. The van der Waals surface area contributed by atoms with Gasteiger partial charge in [-0.05, 0) is 50.0 Å². The molecule has 6 rings (SSSR count). The van der Waals surface area contributed by atoms with E-state index in [1.165, 1.54) is 24.6 Å². The van der Waals surface area contributed by atoms with E-state index in [1.54, 1.807) is 19.1 Å². The van der Waals surface area contributed by atoms with Gasteiger partial charge in [0, 0.05) is 37.2 Å². The van der Waals surface area contributed by atoms with E-state index in [2.05, 4.69) is 22.3 Å². The van der Waals surface area contributed by atoms with Crippen LogP contribution in [0.3, 0.4) is 0 Å². The third-order valence-electron chi connectivity index (χ3n) is 10.3. The molecule has 1 heterocycles. The van der Waals surface area contributed by atoms with Crippen molar-refractivity contribution in [1.82, 2.24) is 9.80 Å². The minimum absolute atomic E-state index is 0.0277. The molecule has 1 fully saturated rings. The maximum Gasteiger partial charge on any atom is 0.255 e. The van der Waals surface area contributed by atoms with Crippen molar-refractivity contribution in [2.75, 3.05) is 32.5 Å². The molecule has 244 valence electrons. The fourth-order valence-electron chi connectivity index (χ4n) is 8.04. The zero-order valence-electron chi connectivity index (χ0n) is 26.0. The Bertz CT molecular complexity index is 1660. The summed E-state index contributed by atoms with van der Waals surface area (Å²) < 4.78 is 0. The SMILES string of the molecule is C[C@@H]1c2ccc(NC3CCN(Cc4ccccc4)CC3)c(O)c2C(=O)C2=C(O)[C@@]3(O)C(=O)C(C(N)=O)=C(O)[C@H](N(C)C)[C@H]3[C@H](O)[C@H]21. The van der Waals surface area contributed by atoms with Gasteiger partial charge in [-0.1, -0.05) is 43.3 Å². The highest BCUT2D eigenvalue weighted by atomic mass is 16.4. The zero-order chi connectivity index (χ0) is 33.2. The summed E-state index contributed by atoms with van der Waals surface area (Å²) in [5.74, 6) is -9.00. The second kappa shape index (κ2) is 11.5. The molecule has 4 aliphatic rings. The summed E-state index contributed by atoms with van der Waals surface area (Å²) >= 11 is 0. The predicted molar refractivity (Wildman–Crippen MR) is 168 cm³/mol. The number of hydrogen-bond donors (Lipinski definition) is 7. The van der Waals surface area contributed by atoms with Gasteiger partial charge in [-0.3, -0.25) is 24.2 Å². The standard InChI is InChI=1S/C34H40N4O8/c1-16-19-9-10-20(36-18-11-13-38(14-12-18)15-17-7-5-4-6-8-17)27(39)22(19)28(40)23-21(16)29(41)25-26(37(2)3)30(42)24(33(35)45)32(44)34(25,46)31(23)43/h4-10,16,18,21,25-26,29,36,39,41-43,46H,11-15H2,1-3H3,(H2,35,45)/t16-,21+,25+,26-,29-,34-/m1/s1. The Morgan fingerprint density at radius 2 is 1.72 bits per heavy atom. The normalized spacial score (nSPS) is 30.3. The van der Waals surface area contributed by atoms with E-state index in [4.69, 9.17) is 5.73 Å². The Kier molecular flexibility index (Phi) is 7.96. The number of fused-ring (bicyclic) bond motifs is 3. The molecule has 46 heavy (non-hydrogen) atoms. The van der Waals surface area contributed by atoms with Crippen LogP contribution < -0.4 is 11.1 Å². The van der Waals surface area contributed by atoms with Crippen LogP contribution >= 0.6 is 0 Å². The van der Waals surface area contributed by atoms with Crippen LogP contribution in [0.5, 0.6) is 5.75 Å². The van der Waals surface area contributed by atoms with Crippen LogP contribution in [-0.4, -0.2) is 104 Å². The summed E-state index contributed by atoms with van der Waals surface area (Å²) in [6.07, 6.45) is -0.0166. The number of nitrogens with zero attached hydrogens (tertiary/aromatic N) is 2. The van der Waals surface area contributed by atoms with Crippen molar-refractivity contribution >= 4 is 23.2 Å². The highest BCUT2D eigenvalue weighted by molar-refractivity contribution is 6.25. The van der Waals surface area contributed by atoms with E-state index in [1.807, 2.05) is 18.2 Å². The monoisotopic (exact) mass is 632 g/mol. The molecule has 1 amide bonds. The first kappa shape index (κ1) is 31.7. The number of piperidine rings is 1. The molecule has 12 heteroatoms. The summed E-state index contributed by atoms with van der Waals surface area (Å²) in [6.45, 7) is 4.24. The number of ketones is 2. The number of phenols is 1. The average molecular weight is 633 g/mol. The number of aliphatic hydroxyl groups is 4. The van der Waals surface area contributed by atoms with Crippen molar-refractivity contribution in [3.8, 4) is 5.75 Å². The number of carbonyl (C=O) groups excluding carboxylic acids is 3. The lowest BCUT2D eigenvalue weighted by Gasteiger charge is -2.53. The smallest absolute Gasteiger partial charge is 0.255 e. The molecule has 0 bridgehead atoms. The van der Waals surface area contributed by atoms with Crippen molar-refractivity contribution in [2.45, 2.75) is 56.0 Å². The first-order valence-corrected chi connectivity index (χ1v) is 15.5. The van der Waals surface area contributed by atoms with Crippen LogP contribution in [0.4, 0.5) is 5.69 Å². The van der Waals surface area contributed by atoms with Gasteiger partial charge in [-0.25, -0.2) is 0 Å². The highest BCUT2D eigenvalue weighted by Gasteiger charge is 2.67. The lowest BCUT2D eigenvalue weighted by atomic mass is 9.55. The van der Waals surface area contributed by atoms with E-state index in [-0.39, 0.29) is 17.4 Å². The molecular formula is C34H40N4O8. The van der Waals surface area contributed by atoms with Crippen molar-refractivity contribution in [1.29, 1.82) is 0 Å². The maximum atomic E-state index is 14.1. The number of nitrogens with two attached hydrogens (primary N) is 1. The van der Waals surface area contributed by atoms with E-state index < -0.39 is 75.6 Å². The summed E-state index contributed by atoms with van der Waals surface area (Å²) in [4.78, 5) is 43.7. The van der Waals surface area contributed by atoms with Gasteiger partial charge in [-0.15, -0.1) is 0 Å². The van der Waals surface area contributed by atoms with Gasteiger partial charge in [0.2, 0.25) is 5.78 Å². The largest absolute Gasteiger partial charge is 0.510 e. The quantitative estimate of drug-likeness (QED) is 0.181. The molecule has 2 aromatic rings. The van der Waals surface area contributed by atoms with Crippen molar-refractivity contribution in [2.24, 2.45) is 17.6 Å². The van der Waals surface area contributed by atoms with Crippen LogP contribution in [0.1, 0.15) is 47.2 Å². The third-order valence-corrected chi connectivity index (χ3v) is 10.3. The van der Waals surface area contributed by atoms with Gasteiger partial charge in [0.1, 0.15) is 22.8 Å². The second-order valence-electron chi connectivity index (χ2n) is 13.2. The fraction of sp³-hybridized carbons (Fsp3) is 0.441. The minimum atomic E-state index is -2.94. The van der Waals surface area contributed by atoms with Crippen LogP contribution in [0.2, 0.25) is 0 Å². The number of rotatable bonds is 6. The van der Waals surface area contributed by atoms with E-state index in [0.29, 0.717) is 11.3 Å². The maximum absolute atomic E-state index is 14.1. The molecule has 8 N–H and O–H groups in total. The Balaban J connectivity index is 1.33. The number of aromatic hydroxyl groups is 1. The summed E-state index contributed by atoms with van der Waals surface area (Å²) in [5, 5.41) is 61.0. The topological polar surface area (TPSA) is 197 Å². The van der Waals surface area contributed by atoms with E-state index >= 15 is 0 Å². The summed E-state index contributed by atoms with van der Waals surface area (Å²) in [6, 6.07) is 12.3. The number of aliphatic hydroxyl groups excluding tert-OH is 3. The molecule has 0 aromatic heterocycles. The van der Waals surface area contributed by atoms with Crippen LogP contribution in [0.25, 0.3) is 0 Å². The number of likely N-dealkylation sites (N-methyl/N-ethyl adjacent to an activating group) is 1. The molecule has 6 atom stereocenters. The molecule has 2 aromatic carbocycles. The number of phenolic OH excluding ortho intramolecular Hbond substituents is 1. The Labute approximate surface area is 266 Å². The molecule has 0 radical (unpaired) electrons. The van der Waals surface area contributed by atoms with Crippen LogP contribution in [0.15, 0.2) is 65.1 Å². The summed E-state index contributed by atoms with van der Waals surface area (Å²) in [7, 11) is 3.01. The minimum Gasteiger partial charge on any atom is -0.510 e. The Hall–Kier alpha value is -4.23. The number of hydrogen-bond acceptors (Lipinski definition) is 11.